The van der Waals surface area contributed by atoms with Crippen molar-refractivity contribution in [3.05, 3.63) is 89.7 Å². The first-order chi connectivity index (χ1) is 22.4. The minimum Gasteiger partial charge on any atom is -0.406 e. The third kappa shape index (κ3) is 7.43. The number of thioether (sulfide) groups is 1. The van der Waals surface area contributed by atoms with Crippen LogP contribution in [0.25, 0.3) is 17.1 Å². The summed E-state index contributed by atoms with van der Waals surface area (Å²) in [5.41, 5.74) is 5.54. The van der Waals surface area contributed by atoms with Gasteiger partial charge in [-0.1, -0.05) is 62.0 Å². The number of halogens is 3. The zero-order valence-corrected chi connectivity index (χ0v) is 27.0. The summed E-state index contributed by atoms with van der Waals surface area (Å²) in [6, 6.07) is 19.3. The van der Waals surface area contributed by atoms with Crippen LogP contribution in [0.5, 0.6) is 5.75 Å². The van der Waals surface area contributed by atoms with E-state index in [1.54, 1.807) is 4.90 Å². The lowest BCUT2D eigenvalue weighted by molar-refractivity contribution is -0.274. The number of aryl methyl sites for hydroxylation is 1. The molecule has 2 atom stereocenters. The molecule has 6 rings (SSSR count). The second kappa shape index (κ2) is 13.3. The van der Waals surface area contributed by atoms with Crippen LogP contribution in [0.2, 0.25) is 0 Å². The average Bonchev–Trinajstić information content (AvgIpc) is 3.77. The lowest BCUT2D eigenvalue weighted by Gasteiger charge is -2.23. The molecule has 0 N–H and O–H groups in total. The molecule has 244 valence electrons. The second-order valence-corrected chi connectivity index (χ2v) is 13.2. The van der Waals surface area contributed by atoms with E-state index >= 15 is 0 Å². The summed E-state index contributed by atoms with van der Waals surface area (Å²) in [6.07, 6.45) is -0.131. The number of benzene rings is 3. The van der Waals surface area contributed by atoms with E-state index in [9.17, 15) is 22.8 Å². The lowest BCUT2D eigenvalue weighted by atomic mass is 9.94. The van der Waals surface area contributed by atoms with E-state index in [1.165, 1.54) is 52.6 Å². The van der Waals surface area contributed by atoms with Crippen LogP contribution in [0.15, 0.2) is 78.0 Å². The van der Waals surface area contributed by atoms with Crippen LogP contribution in [0, 0.1) is 12.8 Å². The Morgan fingerprint density at radius 1 is 1.06 bits per heavy atom. The summed E-state index contributed by atoms with van der Waals surface area (Å²) in [4.78, 5) is 36.5. The third-order valence-corrected chi connectivity index (χ3v) is 9.50. The molecule has 1 aliphatic carbocycles. The monoisotopic (exact) mass is 661 g/mol. The fraction of sp³-hybridized carbons (Fsp3) is 0.343. The quantitative estimate of drug-likeness (QED) is 0.189. The molecule has 1 saturated heterocycles. The van der Waals surface area contributed by atoms with Crippen molar-refractivity contribution in [1.29, 1.82) is 0 Å². The molecule has 2 heterocycles. The predicted molar refractivity (Wildman–Crippen MR) is 176 cm³/mol. The average molecular weight is 662 g/mol. The van der Waals surface area contributed by atoms with Gasteiger partial charge in [0.1, 0.15) is 12.1 Å². The van der Waals surface area contributed by atoms with Gasteiger partial charge in [-0.2, -0.15) is 4.99 Å². The molecule has 12 heteroatoms. The van der Waals surface area contributed by atoms with Crippen LogP contribution in [-0.4, -0.2) is 43.9 Å². The highest BCUT2D eigenvalue weighted by molar-refractivity contribution is 8.15. The number of amidine groups is 1. The molecular weight excluding hydrogens is 627 g/mol. The van der Waals surface area contributed by atoms with Gasteiger partial charge in [-0.05, 0) is 91.0 Å². The number of ether oxygens (including phenoxy) is 1. The number of alkyl halides is 3. The summed E-state index contributed by atoms with van der Waals surface area (Å²) in [5, 5.41) is 4.94. The number of hydrogen-bond acceptors (Lipinski definition) is 6. The molecule has 2 fully saturated rings. The number of aromatic nitrogens is 3. The maximum absolute atomic E-state index is 13.1. The Kier molecular flexibility index (Phi) is 9.23. The van der Waals surface area contributed by atoms with Crippen LogP contribution in [0.4, 0.5) is 18.9 Å². The van der Waals surface area contributed by atoms with Crippen molar-refractivity contribution >= 4 is 34.4 Å². The van der Waals surface area contributed by atoms with Crippen molar-refractivity contribution in [3.8, 4) is 22.8 Å². The first kappa shape index (κ1) is 32.5. The SMILES string of the molecule is Cc1cccc(N2C(=O)CSC2=NC(=O)CC2CCC(c3ccc(-c4ncn(-c5ccc(OC(F)(F)F)cc5)n4)cc3)C2)c1C(C)C. The van der Waals surface area contributed by atoms with E-state index in [4.69, 9.17) is 0 Å². The summed E-state index contributed by atoms with van der Waals surface area (Å²) in [5.74, 6) is 0.937. The molecule has 0 bridgehead atoms. The molecule has 4 aromatic rings. The molecule has 1 aliphatic heterocycles. The molecule has 0 spiro atoms. The fourth-order valence-electron chi connectivity index (χ4n) is 6.48. The molecule has 1 saturated carbocycles. The minimum atomic E-state index is -4.75. The number of amides is 2. The highest BCUT2D eigenvalue weighted by Crippen LogP contribution is 2.41. The highest BCUT2D eigenvalue weighted by Gasteiger charge is 2.34. The molecular formula is C35H34F3N5O3S. The third-order valence-electron chi connectivity index (χ3n) is 8.58. The molecule has 1 aromatic heterocycles. The lowest BCUT2D eigenvalue weighted by Crippen LogP contribution is -2.31. The number of hydrogen-bond donors (Lipinski definition) is 0. The number of carbonyl (C=O) groups excluding carboxylic acids is 2. The molecule has 0 radical (unpaired) electrons. The van der Waals surface area contributed by atoms with Gasteiger partial charge >= 0.3 is 6.36 Å². The normalized spacial score (nSPS) is 19.3. The van der Waals surface area contributed by atoms with Gasteiger partial charge in [0.05, 0.1) is 17.1 Å². The van der Waals surface area contributed by atoms with Gasteiger partial charge in [0.25, 0.3) is 0 Å². The number of anilines is 1. The van der Waals surface area contributed by atoms with Gasteiger partial charge in [0.2, 0.25) is 11.8 Å². The van der Waals surface area contributed by atoms with Crippen molar-refractivity contribution in [3.63, 3.8) is 0 Å². The van der Waals surface area contributed by atoms with Gasteiger partial charge in [0.15, 0.2) is 11.0 Å². The second-order valence-electron chi connectivity index (χ2n) is 12.2. The van der Waals surface area contributed by atoms with E-state index in [2.05, 4.69) is 45.8 Å². The van der Waals surface area contributed by atoms with Crippen molar-refractivity contribution in [2.24, 2.45) is 10.9 Å². The van der Waals surface area contributed by atoms with Gasteiger partial charge in [-0.25, -0.2) is 9.67 Å². The van der Waals surface area contributed by atoms with Crippen LogP contribution < -0.4 is 9.64 Å². The maximum atomic E-state index is 13.1. The highest BCUT2D eigenvalue weighted by atomic mass is 32.2. The summed E-state index contributed by atoms with van der Waals surface area (Å²) >= 11 is 1.32. The first-order valence-electron chi connectivity index (χ1n) is 15.5. The van der Waals surface area contributed by atoms with Gasteiger partial charge in [-0.15, -0.1) is 18.3 Å². The topological polar surface area (TPSA) is 89.7 Å². The number of aliphatic imine (C=N–C) groups is 1. The number of rotatable bonds is 8. The standard InChI is InChI=1S/C35H34F3N5O3S/c1-21(2)32-22(3)5-4-6-29(32)43-31(45)19-47-34(43)40-30(44)18-23-7-8-26(17-23)24-9-11-25(12-10-24)33-39-20-42(41-33)27-13-15-28(16-14-27)46-35(36,37)38/h4-6,9-16,20-21,23,26H,7-8,17-19H2,1-3H3. The Bertz CT molecular complexity index is 1800. The largest absolute Gasteiger partial charge is 0.573 e. The van der Waals surface area contributed by atoms with Crippen LogP contribution in [0.1, 0.15) is 68.1 Å². The zero-order valence-electron chi connectivity index (χ0n) is 26.2. The minimum absolute atomic E-state index is 0.0611. The van der Waals surface area contributed by atoms with E-state index < -0.39 is 6.36 Å². The first-order valence-corrected chi connectivity index (χ1v) is 16.5. The van der Waals surface area contributed by atoms with E-state index in [0.29, 0.717) is 29.0 Å². The predicted octanol–water partition coefficient (Wildman–Crippen LogP) is 8.20. The van der Waals surface area contributed by atoms with Crippen LogP contribution in [-0.2, 0) is 9.59 Å². The summed E-state index contributed by atoms with van der Waals surface area (Å²) in [6.45, 7) is 6.24. The fourth-order valence-corrected chi connectivity index (χ4v) is 7.36. The van der Waals surface area contributed by atoms with E-state index in [-0.39, 0.29) is 35.2 Å². The van der Waals surface area contributed by atoms with Crippen molar-refractivity contribution in [1.82, 2.24) is 14.8 Å². The number of nitrogens with zero attached hydrogens (tertiary/aromatic N) is 5. The maximum Gasteiger partial charge on any atom is 0.573 e. The van der Waals surface area contributed by atoms with Crippen molar-refractivity contribution in [2.75, 3.05) is 10.7 Å². The molecule has 47 heavy (non-hydrogen) atoms. The van der Waals surface area contributed by atoms with Gasteiger partial charge in [0, 0.05) is 12.0 Å². The molecule has 2 amide bonds. The van der Waals surface area contributed by atoms with E-state index in [0.717, 1.165) is 41.6 Å². The van der Waals surface area contributed by atoms with Gasteiger partial charge in [-0.3, -0.25) is 14.5 Å². The van der Waals surface area contributed by atoms with Crippen molar-refractivity contribution < 1.29 is 27.5 Å². The molecule has 3 aromatic carbocycles. The van der Waals surface area contributed by atoms with E-state index in [1.807, 2.05) is 37.3 Å². The smallest absolute Gasteiger partial charge is 0.406 e. The Hall–Kier alpha value is -4.45. The number of carbonyl (C=O) groups is 2. The van der Waals surface area contributed by atoms with Gasteiger partial charge < -0.3 is 4.74 Å². The summed E-state index contributed by atoms with van der Waals surface area (Å²) < 4.78 is 42.8. The summed E-state index contributed by atoms with van der Waals surface area (Å²) in [7, 11) is 0. The van der Waals surface area contributed by atoms with Crippen LogP contribution in [0.3, 0.4) is 0 Å². The zero-order chi connectivity index (χ0) is 33.3. The molecule has 2 unspecified atom stereocenters. The molecule has 8 nitrogen and oxygen atoms in total. The Morgan fingerprint density at radius 3 is 2.51 bits per heavy atom. The Balaban J connectivity index is 1.07. The Labute approximate surface area is 275 Å². The van der Waals surface area contributed by atoms with Crippen molar-refractivity contribution in [2.45, 2.75) is 64.7 Å². The Morgan fingerprint density at radius 2 is 1.81 bits per heavy atom. The molecule has 2 aliphatic rings. The van der Waals surface area contributed by atoms with Crippen LogP contribution >= 0.6 is 11.8 Å².